The Bertz CT molecular complexity index is 214. The molecule has 0 heterocycles. The van der Waals surface area contributed by atoms with Gasteiger partial charge in [-0.05, 0) is 39.7 Å². The quantitative estimate of drug-likeness (QED) is 0.779. The summed E-state index contributed by atoms with van der Waals surface area (Å²) in [5.74, 6) is 0. The van der Waals surface area contributed by atoms with Gasteiger partial charge in [0, 0.05) is 27.3 Å². The molecule has 0 spiro atoms. The SMILES string of the molecule is CCCNC(C)C(C)S(=O)C1CCCCC1. The van der Waals surface area contributed by atoms with Crippen molar-refractivity contribution in [2.75, 3.05) is 6.54 Å². The van der Waals surface area contributed by atoms with Crippen molar-refractivity contribution in [3.8, 4) is 0 Å². The van der Waals surface area contributed by atoms with E-state index in [0.29, 0.717) is 11.3 Å². The molecule has 0 bridgehead atoms. The van der Waals surface area contributed by atoms with E-state index in [1.807, 2.05) is 0 Å². The van der Waals surface area contributed by atoms with Crippen LogP contribution in [0, 0.1) is 0 Å². The molecule has 0 aromatic heterocycles. The van der Waals surface area contributed by atoms with Crippen LogP contribution < -0.4 is 5.32 Å². The van der Waals surface area contributed by atoms with Crippen LogP contribution in [0.3, 0.4) is 0 Å². The first-order valence-corrected chi connectivity index (χ1v) is 8.07. The molecular weight excluding hydrogens is 218 g/mol. The van der Waals surface area contributed by atoms with Crippen LogP contribution in [0.2, 0.25) is 0 Å². The second kappa shape index (κ2) is 7.44. The molecule has 1 aliphatic carbocycles. The first kappa shape index (κ1) is 14.2. The molecule has 0 saturated heterocycles. The zero-order chi connectivity index (χ0) is 12.0. The highest BCUT2D eigenvalue weighted by Gasteiger charge is 2.26. The zero-order valence-corrected chi connectivity index (χ0v) is 11.8. The second-order valence-corrected chi connectivity index (χ2v) is 7.10. The minimum Gasteiger partial charge on any atom is -0.313 e. The fourth-order valence-corrected chi connectivity index (χ4v) is 4.24. The van der Waals surface area contributed by atoms with Crippen LogP contribution in [0.1, 0.15) is 59.3 Å². The first-order valence-electron chi connectivity index (χ1n) is 6.79. The minimum absolute atomic E-state index is 0.287. The van der Waals surface area contributed by atoms with E-state index in [1.165, 1.54) is 32.1 Å². The van der Waals surface area contributed by atoms with Crippen LogP contribution in [0.15, 0.2) is 0 Å². The van der Waals surface area contributed by atoms with Gasteiger partial charge < -0.3 is 5.32 Å². The smallest absolute Gasteiger partial charge is 0.0473 e. The molecule has 0 aromatic carbocycles. The van der Waals surface area contributed by atoms with E-state index in [1.54, 1.807) is 0 Å². The lowest BCUT2D eigenvalue weighted by atomic mass is 10.0. The average Bonchev–Trinajstić information content (AvgIpc) is 2.35. The summed E-state index contributed by atoms with van der Waals surface area (Å²) in [5.41, 5.74) is 0. The van der Waals surface area contributed by atoms with Crippen molar-refractivity contribution < 1.29 is 4.21 Å². The topological polar surface area (TPSA) is 29.1 Å². The predicted molar refractivity (Wildman–Crippen MR) is 72.2 cm³/mol. The maximum absolute atomic E-state index is 12.4. The van der Waals surface area contributed by atoms with Crippen molar-refractivity contribution in [2.24, 2.45) is 0 Å². The van der Waals surface area contributed by atoms with E-state index in [-0.39, 0.29) is 5.25 Å². The highest BCUT2D eigenvalue weighted by Crippen LogP contribution is 2.24. The molecule has 0 aromatic rings. The van der Waals surface area contributed by atoms with Crippen molar-refractivity contribution in [1.82, 2.24) is 5.32 Å². The van der Waals surface area contributed by atoms with Gasteiger partial charge >= 0.3 is 0 Å². The standard InChI is InChI=1S/C13H27NOS/c1-4-10-14-11(2)12(3)16(15)13-8-6-5-7-9-13/h11-14H,4-10H2,1-3H3. The van der Waals surface area contributed by atoms with E-state index < -0.39 is 10.8 Å². The molecule has 3 heteroatoms. The Kier molecular flexibility index (Phi) is 6.59. The van der Waals surface area contributed by atoms with E-state index >= 15 is 0 Å². The highest BCUT2D eigenvalue weighted by atomic mass is 32.2. The summed E-state index contributed by atoms with van der Waals surface area (Å²) in [7, 11) is -0.647. The molecule has 1 N–H and O–H groups in total. The molecule has 16 heavy (non-hydrogen) atoms. The minimum atomic E-state index is -0.647. The third-order valence-electron chi connectivity index (χ3n) is 3.67. The van der Waals surface area contributed by atoms with Crippen molar-refractivity contribution in [1.29, 1.82) is 0 Å². The van der Waals surface area contributed by atoms with Crippen LogP contribution >= 0.6 is 0 Å². The zero-order valence-electron chi connectivity index (χ0n) is 11.0. The molecule has 1 rings (SSSR count). The molecule has 3 atom stereocenters. The lowest BCUT2D eigenvalue weighted by Crippen LogP contribution is -2.41. The largest absolute Gasteiger partial charge is 0.313 e. The number of hydrogen-bond donors (Lipinski definition) is 1. The monoisotopic (exact) mass is 245 g/mol. The van der Waals surface area contributed by atoms with Gasteiger partial charge in [0.2, 0.25) is 0 Å². The van der Waals surface area contributed by atoms with Crippen molar-refractivity contribution in [3.63, 3.8) is 0 Å². The molecule has 0 radical (unpaired) electrons. The lowest BCUT2D eigenvalue weighted by Gasteiger charge is -2.28. The Morgan fingerprint density at radius 1 is 1.25 bits per heavy atom. The maximum Gasteiger partial charge on any atom is 0.0473 e. The van der Waals surface area contributed by atoms with E-state index in [9.17, 15) is 4.21 Å². The first-order chi connectivity index (χ1) is 7.66. The average molecular weight is 245 g/mol. The summed E-state index contributed by atoms with van der Waals surface area (Å²) in [6.45, 7) is 7.51. The Hall–Kier alpha value is 0.110. The van der Waals surface area contributed by atoms with Gasteiger partial charge in [0.15, 0.2) is 0 Å². The normalized spacial score (nSPS) is 23.9. The van der Waals surface area contributed by atoms with Gasteiger partial charge in [0.25, 0.3) is 0 Å². The van der Waals surface area contributed by atoms with Gasteiger partial charge in [-0.3, -0.25) is 4.21 Å². The Morgan fingerprint density at radius 2 is 1.88 bits per heavy atom. The van der Waals surface area contributed by atoms with Crippen LogP contribution in [-0.4, -0.2) is 27.3 Å². The Balaban J connectivity index is 2.38. The van der Waals surface area contributed by atoms with E-state index in [2.05, 4.69) is 26.1 Å². The van der Waals surface area contributed by atoms with Gasteiger partial charge in [0.05, 0.1) is 0 Å². The number of nitrogens with one attached hydrogen (secondary N) is 1. The van der Waals surface area contributed by atoms with Gasteiger partial charge in [-0.25, -0.2) is 0 Å². The van der Waals surface area contributed by atoms with Crippen molar-refractivity contribution in [3.05, 3.63) is 0 Å². The number of rotatable bonds is 6. The van der Waals surface area contributed by atoms with Crippen molar-refractivity contribution >= 4 is 10.8 Å². The molecule has 3 unspecified atom stereocenters. The fourth-order valence-electron chi connectivity index (χ4n) is 2.34. The van der Waals surface area contributed by atoms with Crippen molar-refractivity contribution in [2.45, 2.75) is 75.8 Å². The summed E-state index contributed by atoms with van der Waals surface area (Å²) in [6, 6.07) is 0.378. The van der Waals surface area contributed by atoms with E-state index in [4.69, 9.17) is 0 Å². The molecule has 1 saturated carbocycles. The summed E-state index contributed by atoms with van der Waals surface area (Å²) in [6.07, 6.45) is 7.40. The van der Waals surface area contributed by atoms with Crippen LogP contribution in [0.25, 0.3) is 0 Å². The predicted octanol–water partition coefficient (Wildman–Crippen LogP) is 2.84. The molecular formula is C13H27NOS. The summed E-state index contributed by atoms with van der Waals surface area (Å²) >= 11 is 0. The third-order valence-corrected chi connectivity index (χ3v) is 5.94. The summed E-state index contributed by atoms with van der Waals surface area (Å²) < 4.78 is 12.4. The lowest BCUT2D eigenvalue weighted by molar-refractivity contribution is 0.489. The molecule has 96 valence electrons. The fraction of sp³-hybridized carbons (Fsp3) is 1.00. The van der Waals surface area contributed by atoms with Gasteiger partial charge in [-0.1, -0.05) is 26.2 Å². The molecule has 2 nitrogen and oxygen atoms in total. The Morgan fingerprint density at radius 3 is 2.44 bits per heavy atom. The van der Waals surface area contributed by atoms with Gasteiger partial charge in [-0.2, -0.15) is 0 Å². The second-order valence-electron chi connectivity index (χ2n) is 5.04. The van der Waals surface area contributed by atoms with Crippen LogP contribution in [0.5, 0.6) is 0 Å². The maximum atomic E-state index is 12.4. The molecule has 0 amide bonds. The highest BCUT2D eigenvalue weighted by molar-refractivity contribution is 7.86. The summed E-state index contributed by atoms with van der Waals surface area (Å²) in [4.78, 5) is 0. The van der Waals surface area contributed by atoms with Crippen LogP contribution in [0.4, 0.5) is 0 Å². The van der Waals surface area contributed by atoms with Gasteiger partial charge in [-0.15, -0.1) is 0 Å². The van der Waals surface area contributed by atoms with E-state index in [0.717, 1.165) is 13.0 Å². The van der Waals surface area contributed by atoms with Crippen LogP contribution in [-0.2, 0) is 10.8 Å². The summed E-state index contributed by atoms with van der Waals surface area (Å²) in [5, 5.41) is 4.21. The Labute approximate surface area is 103 Å². The molecule has 1 fully saturated rings. The third kappa shape index (κ3) is 4.17. The number of hydrogen-bond acceptors (Lipinski definition) is 2. The molecule has 0 aliphatic heterocycles. The van der Waals surface area contributed by atoms with Gasteiger partial charge in [0.1, 0.15) is 0 Å². The molecule has 1 aliphatic rings.